The van der Waals surface area contributed by atoms with Crippen molar-refractivity contribution in [1.29, 1.82) is 0 Å². The van der Waals surface area contributed by atoms with Gasteiger partial charge in [-0.1, -0.05) is 12.1 Å². The Morgan fingerprint density at radius 2 is 1.75 bits per heavy atom. The fourth-order valence-corrected chi connectivity index (χ4v) is 5.76. The number of rotatable bonds is 6. The number of hydrogen-bond donors (Lipinski definition) is 1. The minimum atomic E-state index is -0.101. The molecule has 3 aliphatic rings. The van der Waals surface area contributed by atoms with Gasteiger partial charge in [0.2, 0.25) is 5.91 Å². The smallest absolute Gasteiger partial charge is 0.226 e. The zero-order chi connectivity index (χ0) is 22.7. The molecule has 2 heterocycles. The zero-order valence-electron chi connectivity index (χ0n) is 20.1. The molecule has 2 saturated heterocycles. The van der Waals surface area contributed by atoms with Crippen molar-refractivity contribution in [1.82, 2.24) is 9.80 Å². The number of anilines is 1. The van der Waals surface area contributed by atoms with E-state index in [4.69, 9.17) is 4.74 Å². The number of nitrogens with zero attached hydrogens (tertiary/aromatic N) is 3. The van der Waals surface area contributed by atoms with Crippen LogP contribution < -0.4 is 4.90 Å². The molecule has 1 aliphatic carbocycles. The van der Waals surface area contributed by atoms with E-state index in [0.717, 1.165) is 82.4 Å². The van der Waals surface area contributed by atoms with E-state index in [1.165, 1.54) is 0 Å². The lowest BCUT2D eigenvalue weighted by Crippen LogP contribution is -2.44. The van der Waals surface area contributed by atoms with Gasteiger partial charge in [-0.05, 0) is 75.1 Å². The number of ether oxygens (including phenoxy) is 1. The summed E-state index contributed by atoms with van der Waals surface area (Å²) in [7, 11) is 6.27. The lowest BCUT2D eigenvalue weighted by Gasteiger charge is -2.39. The van der Waals surface area contributed by atoms with Crippen LogP contribution in [-0.2, 0) is 16.0 Å². The van der Waals surface area contributed by atoms with E-state index in [1.807, 2.05) is 14.1 Å². The molecule has 2 aliphatic heterocycles. The van der Waals surface area contributed by atoms with E-state index in [9.17, 15) is 9.90 Å². The second kappa shape index (κ2) is 10.1. The molecule has 1 spiro atoms. The second-order valence-corrected chi connectivity index (χ2v) is 10.7. The zero-order valence-corrected chi connectivity index (χ0v) is 20.1. The third kappa shape index (κ3) is 5.64. The van der Waals surface area contributed by atoms with Crippen LogP contribution in [0.15, 0.2) is 24.3 Å². The molecule has 6 nitrogen and oxygen atoms in total. The summed E-state index contributed by atoms with van der Waals surface area (Å²) >= 11 is 0. The Balaban J connectivity index is 1.22. The van der Waals surface area contributed by atoms with Crippen LogP contribution >= 0.6 is 0 Å². The first kappa shape index (κ1) is 23.5. The lowest BCUT2D eigenvalue weighted by molar-refractivity contribution is -0.132. The Labute approximate surface area is 193 Å². The van der Waals surface area contributed by atoms with Gasteiger partial charge in [0.05, 0.1) is 25.2 Å². The molecule has 0 radical (unpaired) electrons. The monoisotopic (exact) mass is 443 g/mol. The number of likely N-dealkylation sites (tertiary alicyclic amines) is 1. The van der Waals surface area contributed by atoms with Crippen molar-refractivity contribution >= 4 is 11.6 Å². The average molecular weight is 444 g/mol. The van der Waals surface area contributed by atoms with Crippen molar-refractivity contribution < 1.29 is 14.6 Å². The molecule has 1 N–H and O–H groups in total. The maximum absolute atomic E-state index is 12.9. The Bertz CT molecular complexity index is 750. The molecule has 3 fully saturated rings. The van der Waals surface area contributed by atoms with Crippen molar-refractivity contribution in [3.8, 4) is 0 Å². The van der Waals surface area contributed by atoms with Crippen LogP contribution in [0.1, 0.15) is 50.5 Å². The molecule has 1 aromatic rings. The maximum atomic E-state index is 12.9. The number of carbonyl (C=O) groups excluding carboxylic acids is 1. The van der Waals surface area contributed by atoms with E-state index < -0.39 is 0 Å². The maximum Gasteiger partial charge on any atom is 0.226 e. The molecule has 32 heavy (non-hydrogen) atoms. The summed E-state index contributed by atoms with van der Waals surface area (Å²) < 4.78 is 6.25. The fraction of sp³-hybridized carbons (Fsp3) is 0.731. The molecule has 1 aromatic carbocycles. The first-order valence-corrected chi connectivity index (χ1v) is 12.4. The number of benzene rings is 1. The van der Waals surface area contributed by atoms with Crippen molar-refractivity contribution in [2.24, 2.45) is 5.41 Å². The predicted molar refractivity (Wildman–Crippen MR) is 128 cm³/mol. The summed E-state index contributed by atoms with van der Waals surface area (Å²) in [5, 5.41) is 9.76. The Morgan fingerprint density at radius 1 is 1.09 bits per heavy atom. The van der Waals surface area contributed by atoms with Crippen LogP contribution in [0.5, 0.6) is 0 Å². The minimum absolute atomic E-state index is 0.101. The SMILES string of the molecule is CN(C)c1ccc(CC(=O)N2CCC3(CC2)COC(CN(C)C2CCC(O)CC2)C3)cc1. The van der Waals surface area contributed by atoms with Gasteiger partial charge in [0.15, 0.2) is 0 Å². The molecule has 4 rings (SSSR count). The van der Waals surface area contributed by atoms with Crippen molar-refractivity contribution in [2.45, 2.75) is 69.6 Å². The molecule has 6 heteroatoms. The Hall–Kier alpha value is -1.63. The number of hydrogen-bond acceptors (Lipinski definition) is 5. The highest BCUT2D eigenvalue weighted by molar-refractivity contribution is 5.79. The Morgan fingerprint density at radius 3 is 2.38 bits per heavy atom. The van der Waals surface area contributed by atoms with Gasteiger partial charge >= 0.3 is 0 Å². The summed E-state index contributed by atoms with van der Waals surface area (Å²) in [6.45, 7) is 3.51. The van der Waals surface area contributed by atoms with Gasteiger partial charge < -0.3 is 24.5 Å². The molecule has 1 atom stereocenters. The number of likely N-dealkylation sites (N-methyl/N-ethyl adjacent to an activating group) is 1. The quantitative estimate of drug-likeness (QED) is 0.733. The molecular weight excluding hydrogens is 402 g/mol. The van der Waals surface area contributed by atoms with Crippen LogP contribution in [0, 0.1) is 5.41 Å². The number of aliphatic hydroxyl groups excluding tert-OH is 1. The third-order valence-electron chi connectivity index (χ3n) is 8.05. The summed E-state index contributed by atoms with van der Waals surface area (Å²) in [5.74, 6) is 0.243. The van der Waals surface area contributed by atoms with Crippen LogP contribution in [0.4, 0.5) is 5.69 Å². The van der Waals surface area contributed by atoms with E-state index in [1.54, 1.807) is 0 Å². The number of amides is 1. The van der Waals surface area contributed by atoms with Crippen LogP contribution in [0.25, 0.3) is 0 Å². The van der Waals surface area contributed by atoms with Gasteiger partial charge in [-0.15, -0.1) is 0 Å². The highest BCUT2D eigenvalue weighted by atomic mass is 16.5. The van der Waals surface area contributed by atoms with Gasteiger partial charge in [0.25, 0.3) is 0 Å². The van der Waals surface area contributed by atoms with E-state index in [-0.39, 0.29) is 17.4 Å². The van der Waals surface area contributed by atoms with Crippen molar-refractivity contribution in [2.75, 3.05) is 52.3 Å². The molecular formula is C26H41N3O3. The van der Waals surface area contributed by atoms with Gasteiger partial charge in [0.1, 0.15) is 0 Å². The largest absolute Gasteiger partial charge is 0.393 e. The van der Waals surface area contributed by atoms with Crippen LogP contribution in [-0.4, -0.2) is 86.4 Å². The summed E-state index contributed by atoms with van der Waals surface area (Å²) in [6.07, 6.45) is 7.92. The summed E-state index contributed by atoms with van der Waals surface area (Å²) in [6, 6.07) is 8.87. The summed E-state index contributed by atoms with van der Waals surface area (Å²) in [4.78, 5) is 19.4. The summed E-state index contributed by atoms with van der Waals surface area (Å²) in [5.41, 5.74) is 2.49. The van der Waals surface area contributed by atoms with Gasteiger partial charge in [-0.3, -0.25) is 4.79 Å². The number of carbonyl (C=O) groups is 1. The van der Waals surface area contributed by atoms with Crippen LogP contribution in [0.2, 0.25) is 0 Å². The van der Waals surface area contributed by atoms with E-state index >= 15 is 0 Å². The molecule has 1 amide bonds. The highest BCUT2D eigenvalue weighted by Crippen LogP contribution is 2.42. The first-order valence-electron chi connectivity index (χ1n) is 12.4. The predicted octanol–water partition coefficient (Wildman–Crippen LogP) is 2.93. The normalized spacial score (nSPS) is 27.8. The van der Waals surface area contributed by atoms with Crippen molar-refractivity contribution in [3.05, 3.63) is 29.8 Å². The highest BCUT2D eigenvalue weighted by Gasteiger charge is 2.43. The van der Waals surface area contributed by atoms with E-state index in [2.05, 4.69) is 46.0 Å². The number of aliphatic hydroxyl groups is 1. The van der Waals surface area contributed by atoms with Gasteiger partial charge in [-0.25, -0.2) is 0 Å². The third-order valence-corrected chi connectivity index (χ3v) is 8.05. The average Bonchev–Trinajstić information content (AvgIpc) is 3.16. The molecule has 1 unspecified atom stereocenters. The Kier molecular flexibility index (Phi) is 7.43. The standard InChI is InChI=1S/C26H41N3O3/c1-27(2)21-6-4-20(5-7-21)16-25(31)29-14-12-26(13-15-29)17-24(32-19-26)18-28(3)22-8-10-23(30)11-9-22/h4-7,22-24,30H,8-19H2,1-3H3. The van der Waals surface area contributed by atoms with E-state index in [0.29, 0.717) is 18.6 Å². The van der Waals surface area contributed by atoms with Gasteiger partial charge in [-0.2, -0.15) is 0 Å². The molecule has 1 saturated carbocycles. The number of piperidine rings is 1. The molecule has 0 bridgehead atoms. The topological polar surface area (TPSA) is 56.2 Å². The van der Waals surface area contributed by atoms with Gasteiger partial charge in [0, 0.05) is 45.5 Å². The fourth-order valence-electron chi connectivity index (χ4n) is 5.76. The first-order chi connectivity index (χ1) is 15.3. The second-order valence-electron chi connectivity index (χ2n) is 10.7. The molecule has 0 aromatic heterocycles. The van der Waals surface area contributed by atoms with Crippen LogP contribution in [0.3, 0.4) is 0 Å². The minimum Gasteiger partial charge on any atom is -0.393 e. The molecule has 178 valence electrons. The van der Waals surface area contributed by atoms with Crippen molar-refractivity contribution in [3.63, 3.8) is 0 Å². The lowest BCUT2D eigenvalue weighted by atomic mass is 9.76.